The molecular weight excluding hydrogens is 707 g/mol. The van der Waals surface area contributed by atoms with Gasteiger partial charge < -0.3 is 4.57 Å². The number of pyridine rings is 1. The molecule has 0 aliphatic carbocycles. The van der Waals surface area contributed by atoms with Crippen LogP contribution in [0.2, 0.25) is 0 Å². The number of nitrogens with zero attached hydrogens (tertiary/aromatic N) is 5. The monoisotopic (exact) mass is 739 g/mol. The Morgan fingerprint density at radius 3 is 1.79 bits per heavy atom. The Morgan fingerprint density at radius 1 is 0.362 bits per heavy atom. The Bertz CT molecular complexity index is 3550. The first-order chi connectivity index (χ1) is 28.8. The SMILES string of the molecule is c1ccc(-c2cc3c4ccccc4nc(-c4ccc(-c5cccc(-c6nc7ccccc7c7ccc8c9ccccc9n(-c9ccccc9)c8c67)c5)cc4)n3n2)cc1. The van der Waals surface area contributed by atoms with Gasteiger partial charge in [-0.25, -0.2) is 14.5 Å². The first-order valence-corrected chi connectivity index (χ1v) is 19.6. The number of hydrogen-bond acceptors (Lipinski definition) is 3. The third-order valence-corrected chi connectivity index (χ3v) is 11.5. The van der Waals surface area contributed by atoms with E-state index in [-0.39, 0.29) is 0 Å². The fourth-order valence-electron chi connectivity index (χ4n) is 8.83. The molecule has 0 saturated heterocycles. The van der Waals surface area contributed by atoms with Crippen LogP contribution in [0.3, 0.4) is 0 Å². The predicted molar refractivity (Wildman–Crippen MR) is 239 cm³/mol. The van der Waals surface area contributed by atoms with Crippen molar-refractivity contribution in [2.24, 2.45) is 0 Å². The highest BCUT2D eigenvalue weighted by atomic mass is 15.3. The van der Waals surface area contributed by atoms with E-state index in [2.05, 4.69) is 180 Å². The minimum absolute atomic E-state index is 0.806. The first-order valence-electron chi connectivity index (χ1n) is 19.6. The maximum absolute atomic E-state index is 5.46. The molecule has 4 heterocycles. The van der Waals surface area contributed by atoms with Crippen molar-refractivity contribution in [1.82, 2.24) is 24.1 Å². The third-order valence-electron chi connectivity index (χ3n) is 11.5. The summed E-state index contributed by atoms with van der Waals surface area (Å²) in [6, 6.07) is 70.8. The zero-order chi connectivity index (χ0) is 38.2. The van der Waals surface area contributed by atoms with Crippen LogP contribution < -0.4 is 0 Å². The average Bonchev–Trinajstić information content (AvgIpc) is 3.90. The van der Waals surface area contributed by atoms with Crippen LogP contribution in [0.15, 0.2) is 200 Å². The molecule has 8 aromatic carbocycles. The standard InChI is InChI=1S/C53H33N5/c1-3-14-35(15-4-1)47-33-49-44-22-8-11-24-46(44)55-53(58(49)56-47)36-28-26-34(27-29-36)37-16-13-17-38(32-37)51-50-42(40-20-7-10-23-45(40)54-51)30-31-43-41-21-9-12-25-48(41)57(52(43)50)39-18-5-2-6-19-39/h1-33H. The Kier molecular flexibility index (Phi) is 7.16. The molecule has 0 aliphatic rings. The van der Waals surface area contributed by atoms with Gasteiger partial charge in [0.05, 0.1) is 39.0 Å². The summed E-state index contributed by atoms with van der Waals surface area (Å²) < 4.78 is 4.40. The molecule has 4 aromatic heterocycles. The molecule has 12 rings (SSSR count). The molecule has 0 amide bonds. The smallest absolute Gasteiger partial charge is 0.161 e. The largest absolute Gasteiger partial charge is 0.309 e. The van der Waals surface area contributed by atoms with E-state index in [9.17, 15) is 0 Å². The Morgan fingerprint density at radius 2 is 0.983 bits per heavy atom. The summed E-state index contributed by atoms with van der Waals surface area (Å²) in [4.78, 5) is 10.6. The molecule has 0 N–H and O–H groups in total. The first kappa shape index (κ1) is 32.4. The lowest BCUT2D eigenvalue weighted by Gasteiger charge is -2.15. The lowest BCUT2D eigenvalue weighted by atomic mass is 9.95. The van der Waals surface area contributed by atoms with Crippen LogP contribution in [0, 0.1) is 0 Å². The number of para-hydroxylation sites is 4. The van der Waals surface area contributed by atoms with Gasteiger partial charge >= 0.3 is 0 Å². The van der Waals surface area contributed by atoms with Crippen LogP contribution in [0.25, 0.3) is 111 Å². The fourth-order valence-corrected chi connectivity index (χ4v) is 8.83. The molecule has 0 bridgehead atoms. The van der Waals surface area contributed by atoms with E-state index in [4.69, 9.17) is 15.1 Å². The molecule has 5 nitrogen and oxygen atoms in total. The van der Waals surface area contributed by atoms with Crippen molar-refractivity contribution in [3.63, 3.8) is 0 Å². The van der Waals surface area contributed by atoms with E-state index < -0.39 is 0 Å². The molecule has 0 radical (unpaired) electrons. The molecule has 5 heteroatoms. The van der Waals surface area contributed by atoms with E-state index in [1.165, 1.54) is 21.7 Å². The quantitative estimate of drug-likeness (QED) is 0.165. The molecule has 58 heavy (non-hydrogen) atoms. The summed E-state index contributed by atoms with van der Waals surface area (Å²) >= 11 is 0. The number of fused-ring (bicyclic) bond motifs is 10. The zero-order valence-corrected chi connectivity index (χ0v) is 31.3. The summed E-state index contributed by atoms with van der Waals surface area (Å²) in [6.45, 7) is 0. The van der Waals surface area contributed by atoms with Crippen LogP contribution in [-0.4, -0.2) is 24.1 Å². The van der Waals surface area contributed by atoms with Crippen LogP contribution in [0.4, 0.5) is 0 Å². The Labute approximate surface area is 333 Å². The summed E-state index contributed by atoms with van der Waals surface area (Å²) in [5.41, 5.74) is 13.7. The normalized spacial score (nSPS) is 11.8. The second kappa shape index (κ2) is 12.8. The van der Waals surface area contributed by atoms with E-state index >= 15 is 0 Å². The van der Waals surface area contributed by atoms with Gasteiger partial charge in [0.1, 0.15) is 0 Å². The van der Waals surface area contributed by atoms with Gasteiger partial charge in [-0.1, -0.05) is 158 Å². The van der Waals surface area contributed by atoms with Crippen molar-refractivity contribution in [3.05, 3.63) is 200 Å². The van der Waals surface area contributed by atoms with Crippen molar-refractivity contribution in [1.29, 1.82) is 0 Å². The molecule has 270 valence electrons. The second-order valence-electron chi connectivity index (χ2n) is 14.9. The molecule has 0 atom stereocenters. The van der Waals surface area contributed by atoms with Gasteiger partial charge in [-0.3, -0.25) is 0 Å². The Balaban J connectivity index is 1.03. The van der Waals surface area contributed by atoms with Gasteiger partial charge in [-0.05, 0) is 59.0 Å². The van der Waals surface area contributed by atoms with Crippen LogP contribution in [-0.2, 0) is 0 Å². The van der Waals surface area contributed by atoms with Crippen molar-refractivity contribution < 1.29 is 0 Å². The lowest BCUT2D eigenvalue weighted by molar-refractivity contribution is 0.949. The van der Waals surface area contributed by atoms with Crippen molar-refractivity contribution in [2.75, 3.05) is 0 Å². The zero-order valence-electron chi connectivity index (χ0n) is 31.3. The van der Waals surface area contributed by atoms with Gasteiger partial charge in [0.2, 0.25) is 0 Å². The van der Waals surface area contributed by atoms with Gasteiger partial charge in [0.15, 0.2) is 5.82 Å². The Hall–Kier alpha value is -7.89. The highest BCUT2D eigenvalue weighted by molar-refractivity contribution is 6.25. The molecule has 0 saturated carbocycles. The van der Waals surface area contributed by atoms with Crippen LogP contribution in [0.1, 0.15) is 0 Å². The van der Waals surface area contributed by atoms with E-state index in [0.29, 0.717) is 0 Å². The number of benzene rings is 8. The molecule has 0 aliphatic heterocycles. The minimum atomic E-state index is 0.806. The molecule has 0 unspecified atom stereocenters. The van der Waals surface area contributed by atoms with E-state index in [0.717, 1.165) is 88.9 Å². The topological polar surface area (TPSA) is 48.0 Å². The summed E-state index contributed by atoms with van der Waals surface area (Å²) in [7, 11) is 0. The molecule has 0 fully saturated rings. The average molecular weight is 740 g/mol. The predicted octanol–water partition coefficient (Wildman–Crippen LogP) is 13.3. The number of hydrogen-bond donors (Lipinski definition) is 0. The van der Waals surface area contributed by atoms with Gasteiger partial charge in [-0.15, -0.1) is 0 Å². The van der Waals surface area contributed by atoms with E-state index in [1.54, 1.807) is 0 Å². The summed E-state index contributed by atoms with van der Waals surface area (Å²) in [6.07, 6.45) is 0. The summed E-state index contributed by atoms with van der Waals surface area (Å²) in [5.74, 6) is 0.806. The lowest BCUT2D eigenvalue weighted by Crippen LogP contribution is -1.99. The van der Waals surface area contributed by atoms with Crippen molar-refractivity contribution >= 4 is 59.9 Å². The van der Waals surface area contributed by atoms with Crippen molar-refractivity contribution in [2.45, 2.75) is 0 Å². The highest BCUT2D eigenvalue weighted by Crippen LogP contribution is 2.43. The third kappa shape index (κ3) is 5.00. The van der Waals surface area contributed by atoms with Gasteiger partial charge in [-0.2, -0.15) is 5.10 Å². The van der Waals surface area contributed by atoms with Crippen LogP contribution in [0.5, 0.6) is 0 Å². The molecular formula is C53H33N5. The van der Waals surface area contributed by atoms with Gasteiger partial charge in [0, 0.05) is 49.3 Å². The number of aromatic nitrogens is 5. The minimum Gasteiger partial charge on any atom is -0.309 e. The fraction of sp³-hybridized carbons (Fsp3) is 0. The van der Waals surface area contributed by atoms with Crippen molar-refractivity contribution in [3.8, 4) is 50.7 Å². The molecule has 12 aromatic rings. The highest BCUT2D eigenvalue weighted by Gasteiger charge is 2.21. The summed E-state index contributed by atoms with van der Waals surface area (Å²) in [5, 5.41) is 12.1. The number of rotatable bonds is 5. The maximum Gasteiger partial charge on any atom is 0.161 e. The van der Waals surface area contributed by atoms with Crippen LogP contribution >= 0.6 is 0 Å². The second-order valence-corrected chi connectivity index (χ2v) is 14.9. The maximum atomic E-state index is 5.46. The van der Waals surface area contributed by atoms with Gasteiger partial charge in [0.25, 0.3) is 0 Å². The van der Waals surface area contributed by atoms with E-state index in [1.807, 2.05) is 28.8 Å². The molecule has 0 spiro atoms.